The van der Waals surface area contributed by atoms with Gasteiger partial charge in [-0.25, -0.2) is 0 Å². The minimum atomic E-state index is 0.966. The number of hydrogen-bond acceptors (Lipinski definition) is 2. The van der Waals surface area contributed by atoms with Crippen molar-refractivity contribution in [1.82, 2.24) is 0 Å². The number of benzene rings is 7. The number of rotatable bonds is 6. The zero-order valence-electron chi connectivity index (χ0n) is 29.4. The summed E-state index contributed by atoms with van der Waals surface area (Å²) in [6.07, 6.45) is 9.20. The quantitative estimate of drug-likeness (QED) is 0.175. The molecule has 0 fully saturated rings. The minimum absolute atomic E-state index is 0.966. The molecule has 1 heterocycles. The Kier molecular flexibility index (Phi) is 7.75. The lowest BCUT2D eigenvalue weighted by molar-refractivity contribution is 0.657. The Morgan fingerprint density at radius 2 is 0.846 bits per heavy atom. The SMILES string of the molecule is c1ccc(-c2ccc(N(c3ccc(-c4ccccc4)cc3)c3c4c(c(-c5cccc6c5oc5ccccc56)c5c3CCCC5)CCCC4)cc2)cc1. The van der Waals surface area contributed by atoms with Gasteiger partial charge in [-0.1, -0.05) is 121 Å². The van der Waals surface area contributed by atoms with Gasteiger partial charge in [0.25, 0.3) is 0 Å². The van der Waals surface area contributed by atoms with Crippen LogP contribution in [0, 0.1) is 0 Å². The Balaban J connectivity index is 1.21. The fourth-order valence-corrected chi connectivity index (χ4v) is 9.06. The molecule has 0 spiro atoms. The predicted molar refractivity (Wildman–Crippen MR) is 218 cm³/mol. The van der Waals surface area contributed by atoms with Crippen LogP contribution in [0.15, 0.2) is 156 Å². The van der Waals surface area contributed by atoms with Gasteiger partial charge >= 0.3 is 0 Å². The lowest BCUT2D eigenvalue weighted by Gasteiger charge is -2.37. The maximum atomic E-state index is 6.72. The fourth-order valence-electron chi connectivity index (χ4n) is 9.06. The molecule has 0 unspecified atom stereocenters. The van der Waals surface area contributed by atoms with Crippen molar-refractivity contribution in [2.45, 2.75) is 51.4 Å². The van der Waals surface area contributed by atoms with Crippen LogP contribution in [0.1, 0.15) is 47.9 Å². The van der Waals surface area contributed by atoms with E-state index in [1.54, 1.807) is 0 Å². The van der Waals surface area contributed by atoms with Crippen molar-refractivity contribution in [2.75, 3.05) is 4.90 Å². The van der Waals surface area contributed by atoms with Gasteiger partial charge in [0.1, 0.15) is 11.2 Å². The van der Waals surface area contributed by atoms with Crippen LogP contribution in [-0.4, -0.2) is 0 Å². The lowest BCUT2D eigenvalue weighted by atomic mass is 9.75. The highest BCUT2D eigenvalue weighted by Gasteiger charge is 2.32. The second kappa shape index (κ2) is 13.0. The summed E-state index contributed by atoms with van der Waals surface area (Å²) in [6, 6.07) is 55.3. The topological polar surface area (TPSA) is 16.4 Å². The van der Waals surface area contributed by atoms with E-state index >= 15 is 0 Å². The molecule has 0 aliphatic heterocycles. The third kappa shape index (κ3) is 5.25. The van der Waals surface area contributed by atoms with E-state index in [-0.39, 0.29) is 0 Å². The fraction of sp³-hybridized carbons (Fsp3) is 0.160. The Morgan fingerprint density at radius 1 is 0.385 bits per heavy atom. The van der Waals surface area contributed by atoms with Crippen molar-refractivity contribution in [3.05, 3.63) is 174 Å². The van der Waals surface area contributed by atoms with E-state index < -0.39 is 0 Å². The van der Waals surface area contributed by atoms with E-state index in [1.807, 2.05) is 0 Å². The van der Waals surface area contributed by atoms with Gasteiger partial charge in [0, 0.05) is 27.7 Å². The lowest BCUT2D eigenvalue weighted by Crippen LogP contribution is -2.22. The summed E-state index contributed by atoms with van der Waals surface area (Å²) >= 11 is 0. The van der Waals surface area contributed by atoms with Gasteiger partial charge in [0.15, 0.2) is 0 Å². The van der Waals surface area contributed by atoms with Gasteiger partial charge in [0.2, 0.25) is 0 Å². The zero-order valence-corrected chi connectivity index (χ0v) is 29.4. The van der Waals surface area contributed by atoms with E-state index in [1.165, 1.54) is 109 Å². The second-order valence-corrected chi connectivity index (χ2v) is 14.5. The monoisotopic (exact) mass is 671 g/mol. The van der Waals surface area contributed by atoms with Crippen LogP contribution in [0.5, 0.6) is 0 Å². The largest absolute Gasteiger partial charge is 0.455 e. The Labute approximate surface area is 306 Å². The number of para-hydroxylation sites is 2. The molecule has 10 rings (SSSR count). The standard InChI is InChI=1S/C50H41NO/c1-3-14-34(15-4-1)36-26-30-38(31-27-36)51(39-32-28-37(29-33-39)35-16-5-2-6-17-35)49-43-21-9-7-19-41(43)48(42-20-8-10-22-44(42)49)46-24-13-23-45-40-18-11-12-25-47(40)52-50(45)46/h1-6,11-18,23-33H,7-10,19-22H2. The first-order valence-electron chi connectivity index (χ1n) is 19.0. The molecule has 0 saturated carbocycles. The summed E-state index contributed by atoms with van der Waals surface area (Å²) in [7, 11) is 0. The zero-order chi connectivity index (χ0) is 34.4. The van der Waals surface area contributed by atoms with Gasteiger partial charge in [-0.15, -0.1) is 0 Å². The van der Waals surface area contributed by atoms with Gasteiger partial charge in [-0.05, 0) is 132 Å². The van der Waals surface area contributed by atoms with Crippen LogP contribution in [0.3, 0.4) is 0 Å². The molecular formula is C50H41NO. The highest BCUT2D eigenvalue weighted by Crippen LogP contribution is 2.51. The van der Waals surface area contributed by atoms with Crippen LogP contribution < -0.4 is 4.90 Å². The number of anilines is 3. The molecule has 2 heteroatoms. The Morgan fingerprint density at radius 3 is 1.40 bits per heavy atom. The number of fused-ring (bicyclic) bond motifs is 5. The van der Waals surface area contributed by atoms with Crippen molar-refractivity contribution in [3.8, 4) is 33.4 Å². The average Bonchev–Trinajstić information content (AvgIpc) is 3.61. The third-order valence-corrected chi connectivity index (χ3v) is 11.5. The molecule has 8 aromatic rings. The van der Waals surface area contributed by atoms with Gasteiger partial charge in [-0.3, -0.25) is 0 Å². The van der Waals surface area contributed by atoms with E-state index in [0.29, 0.717) is 0 Å². The molecule has 0 radical (unpaired) electrons. The van der Waals surface area contributed by atoms with Crippen molar-refractivity contribution >= 4 is 39.0 Å². The molecule has 52 heavy (non-hydrogen) atoms. The van der Waals surface area contributed by atoms with Crippen LogP contribution in [0.2, 0.25) is 0 Å². The smallest absolute Gasteiger partial charge is 0.143 e. The summed E-state index contributed by atoms with van der Waals surface area (Å²) in [5.74, 6) is 0. The summed E-state index contributed by atoms with van der Waals surface area (Å²) in [6.45, 7) is 0. The number of hydrogen-bond donors (Lipinski definition) is 0. The highest BCUT2D eigenvalue weighted by molar-refractivity contribution is 6.10. The predicted octanol–water partition coefficient (Wildman–Crippen LogP) is 13.8. The summed E-state index contributed by atoms with van der Waals surface area (Å²) < 4.78 is 6.72. The molecule has 0 N–H and O–H groups in total. The molecule has 2 nitrogen and oxygen atoms in total. The first-order chi connectivity index (χ1) is 25.8. The van der Waals surface area contributed by atoms with Crippen molar-refractivity contribution in [3.63, 3.8) is 0 Å². The maximum Gasteiger partial charge on any atom is 0.143 e. The maximum absolute atomic E-state index is 6.72. The van der Waals surface area contributed by atoms with Gasteiger partial charge in [0.05, 0.1) is 5.69 Å². The highest BCUT2D eigenvalue weighted by atomic mass is 16.3. The molecule has 0 amide bonds. The van der Waals surface area contributed by atoms with Gasteiger partial charge in [-0.2, -0.15) is 0 Å². The Bertz CT molecular complexity index is 2420. The van der Waals surface area contributed by atoms with Crippen LogP contribution in [0.4, 0.5) is 17.1 Å². The van der Waals surface area contributed by atoms with Crippen molar-refractivity contribution in [2.24, 2.45) is 0 Å². The van der Waals surface area contributed by atoms with Crippen molar-refractivity contribution in [1.29, 1.82) is 0 Å². The molecule has 0 bridgehead atoms. The normalized spacial score (nSPS) is 13.9. The van der Waals surface area contributed by atoms with Crippen molar-refractivity contribution < 1.29 is 4.42 Å². The Hall–Kier alpha value is -5.86. The third-order valence-electron chi connectivity index (χ3n) is 11.5. The summed E-state index contributed by atoms with van der Waals surface area (Å²) in [4.78, 5) is 2.60. The van der Waals surface area contributed by atoms with Gasteiger partial charge < -0.3 is 9.32 Å². The molecule has 2 aliphatic rings. The molecular weight excluding hydrogens is 631 g/mol. The molecule has 1 aromatic heterocycles. The summed E-state index contributed by atoms with van der Waals surface area (Å²) in [5.41, 5.74) is 19.6. The van der Waals surface area contributed by atoms with E-state index in [2.05, 4.69) is 157 Å². The number of nitrogens with zero attached hydrogens (tertiary/aromatic N) is 1. The first-order valence-corrected chi connectivity index (χ1v) is 19.0. The number of furan rings is 1. The second-order valence-electron chi connectivity index (χ2n) is 14.5. The molecule has 0 saturated heterocycles. The molecule has 7 aromatic carbocycles. The van der Waals surface area contributed by atoms with Crippen LogP contribution in [0.25, 0.3) is 55.3 Å². The minimum Gasteiger partial charge on any atom is -0.455 e. The van der Waals surface area contributed by atoms with E-state index in [9.17, 15) is 0 Å². The molecule has 0 atom stereocenters. The average molecular weight is 672 g/mol. The molecule has 2 aliphatic carbocycles. The first kappa shape index (κ1) is 30.9. The molecule has 252 valence electrons. The summed E-state index contributed by atoms with van der Waals surface area (Å²) in [5, 5.41) is 2.41. The van der Waals surface area contributed by atoms with E-state index in [4.69, 9.17) is 4.42 Å². The van der Waals surface area contributed by atoms with E-state index in [0.717, 1.165) is 36.8 Å². The van der Waals surface area contributed by atoms with Crippen LogP contribution >= 0.6 is 0 Å². The van der Waals surface area contributed by atoms with Crippen LogP contribution in [-0.2, 0) is 25.7 Å².